The molecule has 3 rings (SSSR count). The molecule has 2 aliphatic heterocycles. The second-order valence-corrected chi connectivity index (χ2v) is 8.17. The standard InChI is InChI=1S/C18H19BF3N3OS/c1-10(11-3-5-13(20)6-4-11)24-16-25-15(26)17(2,27-16)18(21,22)12-7-8-23-14(19)9-12/h3-10,14,23H,19H2,1-2H3,(H,24,25,26)/t10-,14?,17?/m0/s1. The first-order valence-corrected chi connectivity index (χ1v) is 9.32. The van der Waals surface area contributed by atoms with Gasteiger partial charge in [-0.2, -0.15) is 13.8 Å². The molecule has 9 heteroatoms. The SMILES string of the molecule is BC1C=C(C(F)(F)C2(C)SC(N[C@@H](C)c3ccc(F)cc3)=NC2=O)C=CN1. The van der Waals surface area contributed by atoms with Crippen molar-refractivity contribution in [3.8, 4) is 0 Å². The van der Waals surface area contributed by atoms with Crippen LogP contribution in [0.25, 0.3) is 0 Å². The highest BCUT2D eigenvalue weighted by atomic mass is 32.2. The number of halogens is 3. The molecule has 1 aromatic rings. The van der Waals surface area contributed by atoms with Crippen LogP contribution in [0.5, 0.6) is 0 Å². The molecule has 2 heterocycles. The highest BCUT2D eigenvalue weighted by Crippen LogP contribution is 2.49. The molecule has 1 aromatic carbocycles. The summed E-state index contributed by atoms with van der Waals surface area (Å²) in [5.74, 6) is -4.89. The zero-order chi connectivity index (χ0) is 19.8. The number of benzene rings is 1. The first-order valence-electron chi connectivity index (χ1n) is 8.50. The summed E-state index contributed by atoms with van der Waals surface area (Å²) in [6.45, 7) is 3.00. The molecule has 3 atom stereocenters. The van der Waals surface area contributed by atoms with E-state index in [4.69, 9.17) is 0 Å². The van der Waals surface area contributed by atoms with E-state index in [9.17, 15) is 9.18 Å². The molecule has 4 nitrogen and oxygen atoms in total. The van der Waals surface area contributed by atoms with Gasteiger partial charge in [0.2, 0.25) is 0 Å². The van der Waals surface area contributed by atoms with Gasteiger partial charge >= 0.3 is 0 Å². The van der Waals surface area contributed by atoms with Crippen LogP contribution in [-0.2, 0) is 4.79 Å². The number of aliphatic imine (C=N–C) groups is 1. The predicted molar refractivity (Wildman–Crippen MR) is 104 cm³/mol. The molecule has 142 valence electrons. The number of hydrogen-bond acceptors (Lipinski definition) is 4. The highest BCUT2D eigenvalue weighted by molar-refractivity contribution is 8.16. The lowest BCUT2D eigenvalue weighted by Crippen LogP contribution is -2.49. The number of nitrogens with zero attached hydrogens (tertiary/aromatic N) is 1. The Labute approximate surface area is 160 Å². The van der Waals surface area contributed by atoms with Gasteiger partial charge in [-0.1, -0.05) is 30.0 Å². The molecule has 0 aliphatic carbocycles. The first kappa shape index (κ1) is 19.6. The number of thioether (sulfide) groups is 1. The fourth-order valence-electron chi connectivity index (χ4n) is 2.89. The molecule has 0 saturated heterocycles. The van der Waals surface area contributed by atoms with Crippen molar-refractivity contribution in [1.29, 1.82) is 0 Å². The van der Waals surface area contributed by atoms with Crippen molar-refractivity contribution in [3.05, 3.63) is 59.6 Å². The van der Waals surface area contributed by atoms with Crippen LogP contribution >= 0.6 is 11.8 Å². The van der Waals surface area contributed by atoms with Crippen molar-refractivity contribution in [2.75, 3.05) is 0 Å². The van der Waals surface area contributed by atoms with Crippen molar-refractivity contribution in [2.24, 2.45) is 4.99 Å². The van der Waals surface area contributed by atoms with Gasteiger partial charge in [0, 0.05) is 11.5 Å². The largest absolute Gasteiger partial charge is 0.392 e. The number of allylic oxidation sites excluding steroid dienone is 2. The number of rotatable bonds is 4. The zero-order valence-corrected chi connectivity index (χ0v) is 15.9. The monoisotopic (exact) mass is 393 g/mol. The average molecular weight is 393 g/mol. The second kappa shape index (κ2) is 7.11. The summed E-state index contributed by atoms with van der Waals surface area (Å²) in [4.78, 5) is 16.2. The molecule has 0 aromatic heterocycles. The summed E-state index contributed by atoms with van der Waals surface area (Å²) in [6, 6.07) is 5.50. The summed E-state index contributed by atoms with van der Waals surface area (Å²) in [6.07, 6.45) is 4.15. The van der Waals surface area contributed by atoms with E-state index in [1.165, 1.54) is 37.4 Å². The van der Waals surface area contributed by atoms with E-state index in [1.54, 1.807) is 26.9 Å². The van der Waals surface area contributed by atoms with Crippen molar-refractivity contribution < 1.29 is 18.0 Å². The molecular weight excluding hydrogens is 374 g/mol. The molecular formula is C18H19BF3N3OS. The zero-order valence-electron chi connectivity index (χ0n) is 15.1. The van der Waals surface area contributed by atoms with Gasteiger partial charge in [-0.05, 0) is 43.8 Å². The Bertz CT molecular complexity index is 841. The molecule has 0 saturated carbocycles. The van der Waals surface area contributed by atoms with Gasteiger partial charge in [0.15, 0.2) is 9.91 Å². The average Bonchev–Trinajstić information content (AvgIpc) is 2.90. The summed E-state index contributed by atoms with van der Waals surface area (Å²) in [5.41, 5.74) is 0.547. The van der Waals surface area contributed by atoms with Gasteiger partial charge in [0.05, 0.1) is 6.04 Å². The Balaban J connectivity index is 1.77. The molecule has 0 spiro atoms. The molecule has 2 aliphatic rings. The first-order chi connectivity index (χ1) is 12.6. The van der Waals surface area contributed by atoms with E-state index in [1.807, 2.05) is 0 Å². The number of carbonyl (C=O) groups excluding carboxylic acids is 1. The summed E-state index contributed by atoms with van der Waals surface area (Å²) >= 11 is 0.719. The minimum atomic E-state index is -3.40. The number of alkyl halides is 2. The van der Waals surface area contributed by atoms with Gasteiger partial charge in [-0.15, -0.1) is 0 Å². The van der Waals surface area contributed by atoms with Crippen molar-refractivity contribution in [1.82, 2.24) is 10.6 Å². The Kier molecular flexibility index (Phi) is 5.16. The third-order valence-electron chi connectivity index (χ3n) is 4.64. The normalized spacial score (nSPS) is 26.3. The quantitative estimate of drug-likeness (QED) is 0.773. The van der Waals surface area contributed by atoms with E-state index < -0.39 is 16.6 Å². The molecule has 2 unspecified atom stereocenters. The lowest BCUT2D eigenvalue weighted by Gasteiger charge is -2.33. The van der Waals surface area contributed by atoms with Crippen LogP contribution in [0.15, 0.2) is 53.2 Å². The second-order valence-electron chi connectivity index (χ2n) is 6.76. The summed E-state index contributed by atoms with van der Waals surface area (Å²) < 4.78 is 41.4. The molecule has 2 N–H and O–H groups in total. The number of dihydropyridines is 1. The van der Waals surface area contributed by atoms with Crippen LogP contribution in [0.3, 0.4) is 0 Å². The number of amidine groups is 1. The molecule has 27 heavy (non-hydrogen) atoms. The number of hydrogen-bond donors (Lipinski definition) is 2. The maximum absolute atomic E-state index is 15.2. The number of carbonyl (C=O) groups is 1. The summed E-state index contributed by atoms with van der Waals surface area (Å²) in [7, 11) is 1.75. The van der Waals surface area contributed by atoms with Crippen LogP contribution in [0.2, 0.25) is 0 Å². The van der Waals surface area contributed by atoms with Crippen molar-refractivity contribution in [2.45, 2.75) is 36.5 Å². The molecule has 0 fully saturated rings. The topological polar surface area (TPSA) is 53.5 Å². The Morgan fingerprint density at radius 3 is 2.67 bits per heavy atom. The molecule has 0 radical (unpaired) electrons. The Morgan fingerprint density at radius 2 is 2.04 bits per heavy atom. The number of nitrogens with one attached hydrogen (secondary N) is 2. The smallest absolute Gasteiger partial charge is 0.296 e. The van der Waals surface area contributed by atoms with Gasteiger partial charge in [0.25, 0.3) is 11.8 Å². The molecule has 0 bridgehead atoms. The highest BCUT2D eigenvalue weighted by Gasteiger charge is 2.61. The van der Waals surface area contributed by atoms with E-state index in [0.29, 0.717) is 0 Å². The minimum absolute atomic E-state index is 0.130. The van der Waals surface area contributed by atoms with Crippen LogP contribution in [0, 0.1) is 5.82 Å². The van der Waals surface area contributed by atoms with Crippen molar-refractivity contribution >= 4 is 30.7 Å². The third kappa shape index (κ3) is 3.65. The fourth-order valence-corrected chi connectivity index (χ4v) is 4.02. The van der Waals surface area contributed by atoms with Crippen LogP contribution in [0.4, 0.5) is 13.2 Å². The van der Waals surface area contributed by atoms with Crippen LogP contribution < -0.4 is 10.6 Å². The van der Waals surface area contributed by atoms with Crippen LogP contribution in [-0.4, -0.2) is 35.5 Å². The van der Waals surface area contributed by atoms with Gasteiger partial charge in [-0.3, -0.25) is 4.79 Å². The Morgan fingerprint density at radius 1 is 1.37 bits per heavy atom. The van der Waals surface area contributed by atoms with Crippen LogP contribution in [0.1, 0.15) is 25.5 Å². The lowest BCUT2D eigenvalue weighted by molar-refractivity contribution is -0.126. The minimum Gasteiger partial charge on any atom is -0.392 e. The van der Waals surface area contributed by atoms with Gasteiger partial charge < -0.3 is 10.6 Å². The fraction of sp³-hybridized carbons (Fsp3) is 0.333. The maximum atomic E-state index is 15.2. The van der Waals surface area contributed by atoms with Crippen molar-refractivity contribution in [3.63, 3.8) is 0 Å². The summed E-state index contributed by atoms with van der Waals surface area (Å²) in [5, 5.41) is 6.01. The van der Waals surface area contributed by atoms with E-state index >= 15 is 8.78 Å². The predicted octanol–water partition coefficient (Wildman–Crippen LogP) is 2.50. The van der Waals surface area contributed by atoms with Gasteiger partial charge in [0.1, 0.15) is 13.7 Å². The number of amides is 1. The maximum Gasteiger partial charge on any atom is 0.296 e. The molecule has 1 amide bonds. The Hall–Kier alpha value is -2.16. The van der Waals surface area contributed by atoms with Gasteiger partial charge in [-0.25, -0.2) is 4.39 Å². The third-order valence-corrected chi connectivity index (χ3v) is 5.88. The van der Waals surface area contributed by atoms with E-state index in [2.05, 4.69) is 15.6 Å². The van der Waals surface area contributed by atoms with E-state index in [0.717, 1.165) is 17.3 Å². The van der Waals surface area contributed by atoms with E-state index in [-0.39, 0.29) is 28.5 Å². The lowest BCUT2D eigenvalue weighted by atomic mass is 9.86.